The third-order valence-electron chi connectivity index (χ3n) is 2.66. The summed E-state index contributed by atoms with van der Waals surface area (Å²) in [6.07, 6.45) is 0. The second-order valence-electron chi connectivity index (χ2n) is 4.26. The predicted octanol–water partition coefficient (Wildman–Crippen LogP) is 3.35. The van der Waals surface area contributed by atoms with Crippen molar-refractivity contribution < 1.29 is 26.0 Å². The minimum atomic E-state index is -4.59. The molecule has 2 aromatic carbocycles. The van der Waals surface area contributed by atoms with E-state index in [1.165, 1.54) is 12.1 Å². The molecule has 0 amide bonds. The van der Waals surface area contributed by atoms with Crippen molar-refractivity contribution in [3.05, 3.63) is 59.2 Å². The third-order valence-corrected chi connectivity index (χ3v) is 4.04. The monoisotopic (exact) mass is 319 g/mol. The van der Waals surface area contributed by atoms with E-state index in [-0.39, 0.29) is 0 Å². The van der Waals surface area contributed by atoms with Gasteiger partial charge in [-0.05, 0) is 36.8 Å². The van der Waals surface area contributed by atoms with Gasteiger partial charge >= 0.3 is 0 Å². The summed E-state index contributed by atoms with van der Waals surface area (Å²) < 4.78 is 78.6. The molecule has 0 radical (unpaired) electrons. The minimum Gasteiger partial charge on any atom is -0.277 e. The standard InChI is InChI=1S/C13H9F4NO2S/c1-7-2-3-8(14)10(6-7)18-21(19,20)11-5-4-9(15)12(16)13(11)17/h2-6,18H,1H3. The maximum atomic E-state index is 13.5. The summed E-state index contributed by atoms with van der Waals surface area (Å²) in [6.45, 7) is 1.59. The van der Waals surface area contributed by atoms with Crippen LogP contribution in [0.4, 0.5) is 23.2 Å². The number of hydrogen-bond acceptors (Lipinski definition) is 2. The van der Waals surface area contributed by atoms with Crippen LogP contribution in [0.5, 0.6) is 0 Å². The second-order valence-corrected chi connectivity index (χ2v) is 5.91. The van der Waals surface area contributed by atoms with Crippen LogP contribution >= 0.6 is 0 Å². The zero-order valence-corrected chi connectivity index (χ0v) is 11.4. The molecule has 0 saturated carbocycles. The summed E-state index contributed by atoms with van der Waals surface area (Å²) in [6, 6.07) is 4.65. The molecule has 112 valence electrons. The normalized spacial score (nSPS) is 11.5. The number of anilines is 1. The van der Waals surface area contributed by atoms with Crippen LogP contribution in [0.2, 0.25) is 0 Å². The van der Waals surface area contributed by atoms with Crippen molar-refractivity contribution in [3.63, 3.8) is 0 Å². The van der Waals surface area contributed by atoms with Crippen LogP contribution < -0.4 is 4.72 Å². The van der Waals surface area contributed by atoms with Crippen LogP contribution in [-0.2, 0) is 10.0 Å². The lowest BCUT2D eigenvalue weighted by Gasteiger charge is -2.10. The van der Waals surface area contributed by atoms with Gasteiger partial charge in [0.25, 0.3) is 10.0 Å². The molecule has 0 aliphatic carbocycles. The van der Waals surface area contributed by atoms with Gasteiger partial charge in [0.2, 0.25) is 0 Å². The fourth-order valence-electron chi connectivity index (χ4n) is 1.63. The van der Waals surface area contributed by atoms with Crippen molar-refractivity contribution >= 4 is 15.7 Å². The van der Waals surface area contributed by atoms with E-state index in [1.54, 1.807) is 11.6 Å². The van der Waals surface area contributed by atoms with Crippen LogP contribution in [-0.4, -0.2) is 8.42 Å². The molecule has 0 heterocycles. The lowest BCUT2D eigenvalue weighted by molar-refractivity contribution is 0.432. The van der Waals surface area contributed by atoms with Crippen molar-refractivity contribution in [2.75, 3.05) is 4.72 Å². The van der Waals surface area contributed by atoms with Gasteiger partial charge in [-0.2, -0.15) is 0 Å². The van der Waals surface area contributed by atoms with Crippen LogP contribution in [0.3, 0.4) is 0 Å². The Bertz CT molecular complexity index is 806. The number of aryl methyl sites for hydroxylation is 1. The predicted molar refractivity (Wildman–Crippen MR) is 68.3 cm³/mol. The molecule has 0 unspecified atom stereocenters. The quantitative estimate of drug-likeness (QED) is 0.696. The smallest absolute Gasteiger partial charge is 0.265 e. The van der Waals surface area contributed by atoms with Gasteiger partial charge in [-0.15, -0.1) is 0 Å². The first-order valence-electron chi connectivity index (χ1n) is 5.65. The molecule has 21 heavy (non-hydrogen) atoms. The average Bonchev–Trinajstić information content (AvgIpc) is 2.39. The first-order chi connectivity index (χ1) is 9.72. The Morgan fingerprint density at radius 3 is 2.19 bits per heavy atom. The van der Waals surface area contributed by atoms with E-state index in [0.717, 1.165) is 6.07 Å². The SMILES string of the molecule is Cc1ccc(F)c(NS(=O)(=O)c2ccc(F)c(F)c2F)c1. The van der Waals surface area contributed by atoms with Gasteiger partial charge in [-0.25, -0.2) is 26.0 Å². The molecule has 2 rings (SSSR count). The van der Waals surface area contributed by atoms with E-state index in [4.69, 9.17) is 0 Å². The van der Waals surface area contributed by atoms with Crippen molar-refractivity contribution in [1.29, 1.82) is 0 Å². The highest BCUT2D eigenvalue weighted by Crippen LogP contribution is 2.24. The number of rotatable bonds is 3. The topological polar surface area (TPSA) is 46.2 Å². The lowest BCUT2D eigenvalue weighted by atomic mass is 10.2. The molecule has 8 heteroatoms. The van der Waals surface area contributed by atoms with Gasteiger partial charge in [-0.1, -0.05) is 6.07 Å². The molecular weight excluding hydrogens is 310 g/mol. The first kappa shape index (κ1) is 15.3. The molecule has 0 bridgehead atoms. The Kier molecular flexibility index (Phi) is 3.91. The molecule has 1 N–H and O–H groups in total. The maximum absolute atomic E-state index is 13.5. The zero-order valence-electron chi connectivity index (χ0n) is 10.6. The van der Waals surface area contributed by atoms with Crippen molar-refractivity contribution in [2.45, 2.75) is 11.8 Å². The van der Waals surface area contributed by atoms with Gasteiger partial charge in [-0.3, -0.25) is 4.72 Å². The van der Waals surface area contributed by atoms with Crippen molar-refractivity contribution in [3.8, 4) is 0 Å². The highest BCUT2D eigenvalue weighted by molar-refractivity contribution is 7.92. The molecule has 3 nitrogen and oxygen atoms in total. The highest BCUT2D eigenvalue weighted by atomic mass is 32.2. The molecule has 2 aromatic rings. The van der Waals surface area contributed by atoms with Gasteiger partial charge in [0, 0.05) is 0 Å². The zero-order chi connectivity index (χ0) is 15.8. The van der Waals surface area contributed by atoms with Crippen LogP contribution in [0.1, 0.15) is 5.56 Å². The van der Waals surface area contributed by atoms with Gasteiger partial charge < -0.3 is 0 Å². The average molecular weight is 319 g/mol. The Morgan fingerprint density at radius 1 is 0.905 bits per heavy atom. The van der Waals surface area contributed by atoms with Crippen molar-refractivity contribution in [2.24, 2.45) is 0 Å². The van der Waals surface area contributed by atoms with Gasteiger partial charge in [0.1, 0.15) is 10.7 Å². The number of hydrogen-bond donors (Lipinski definition) is 1. The Morgan fingerprint density at radius 2 is 1.52 bits per heavy atom. The molecular formula is C13H9F4NO2S. The molecule has 0 aromatic heterocycles. The Balaban J connectivity index is 2.49. The number of halogens is 4. The van der Waals surface area contributed by atoms with E-state index in [9.17, 15) is 26.0 Å². The van der Waals surface area contributed by atoms with E-state index in [2.05, 4.69) is 0 Å². The van der Waals surface area contributed by atoms with Gasteiger partial charge in [0.05, 0.1) is 5.69 Å². The lowest BCUT2D eigenvalue weighted by Crippen LogP contribution is -2.16. The second kappa shape index (κ2) is 5.36. The van der Waals surface area contributed by atoms with E-state index >= 15 is 0 Å². The fraction of sp³-hybridized carbons (Fsp3) is 0.0769. The summed E-state index contributed by atoms with van der Waals surface area (Å²) in [7, 11) is -4.59. The number of benzene rings is 2. The molecule has 0 fully saturated rings. The van der Waals surface area contributed by atoms with E-state index in [0.29, 0.717) is 17.7 Å². The van der Waals surface area contributed by atoms with Crippen LogP contribution in [0, 0.1) is 30.2 Å². The summed E-state index contributed by atoms with van der Waals surface area (Å²) in [5.41, 5.74) is 0.138. The highest BCUT2D eigenvalue weighted by Gasteiger charge is 2.24. The summed E-state index contributed by atoms with van der Waals surface area (Å²) >= 11 is 0. The summed E-state index contributed by atoms with van der Waals surface area (Å²) in [5.74, 6) is -6.18. The number of nitrogens with one attached hydrogen (secondary N) is 1. The van der Waals surface area contributed by atoms with Crippen LogP contribution in [0.15, 0.2) is 35.2 Å². The fourth-order valence-corrected chi connectivity index (χ4v) is 2.76. The molecule has 0 saturated heterocycles. The molecule has 0 spiro atoms. The van der Waals surface area contributed by atoms with Gasteiger partial charge in [0.15, 0.2) is 17.5 Å². The number of sulfonamides is 1. The summed E-state index contributed by atoms with van der Waals surface area (Å²) in [5, 5.41) is 0. The van der Waals surface area contributed by atoms with Crippen molar-refractivity contribution in [1.82, 2.24) is 0 Å². The summed E-state index contributed by atoms with van der Waals surface area (Å²) in [4.78, 5) is -1.11. The maximum Gasteiger partial charge on any atom is 0.265 e. The first-order valence-corrected chi connectivity index (χ1v) is 7.13. The molecule has 0 aliphatic rings. The minimum absolute atomic E-state index is 0.417. The van der Waals surface area contributed by atoms with E-state index < -0.39 is 43.9 Å². The molecule has 0 atom stereocenters. The van der Waals surface area contributed by atoms with Crippen LogP contribution in [0.25, 0.3) is 0 Å². The Labute approximate surface area is 118 Å². The Hall–Kier alpha value is -2.09. The molecule has 0 aliphatic heterocycles. The third kappa shape index (κ3) is 2.99. The van der Waals surface area contributed by atoms with E-state index in [1.807, 2.05) is 0 Å². The largest absolute Gasteiger partial charge is 0.277 e.